The number of aliphatic hydroxyl groups is 1. The molecule has 1 aromatic rings. The summed E-state index contributed by atoms with van der Waals surface area (Å²) in [6.07, 6.45) is 0.414. The standard InChI is InChI=1S/C14H21NO4/c1-3-11(16)10-15-14(17)8-9-19-13-6-4-12(18-2)5-7-13/h4-7,11,16H,3,8-10H2,1-2H3,(H,15,17). The molecule has 0 aliphatic heterocycles. The number of carbonyl (C=O) groups is 1. The Balaban J connectivity index is 2.20. The summed E-state index contributed by atoms with van der Waals surface area (Å²) in [6, 6.07) is 7.18. The molecule has 1 unspecified atom stereocenters. The monoisotopic (exact) mass is 267 g/mol. The first-order valence-electron chi connectivity index (χ1n) is 6.37. The summed E-state index contributed by atoms with van der Waals surface area (Å²) in [5.41, 5.74) is 0. The lowest BCUT2D eigenvalue weighted by molar-refractivity contribution is -0.122. The maximum Gasteiger partial charge on any atom is 0.223 e. The summed E-state index contributed by atoms with van der Waals surface area (Å²) in [4.78, 5) is 11.4. The molecule has 0 spiro atoms. The topological polar surface area (TPSA) is 67.8 Å². The molecule has 0 bridgehead atoms. The molecule has 1 rings (SSSR count). The molecule has 19 heavy (non-hydrogen) atoms. The quantitative estimate of drug-likeness (QED) is 0.746. The number of amides is 1. The highest BCUT2D eigenvalue weighted by atomic mass is 16.5. The third-order valence-corrected chi connectivity index (χ3v) is 2.66. The molecule has 0 heterocycles. The molecule has 1 amide bonds. The molecule has 5 nitrogen and oxygen atoms in total. The summed E-state index contributed by atoms with van der Waals surface area (Å²) >= 11 is 0. The van der Waals surface area contributed by atoms with Gasteiger partial charge in [-0.3, -0.25) is 4.79 Å². The Kier molecular flexibility index (Phi) is 6.74. The Morgan fingerprint density at radius 1 is 1.32 bits per heavy atom. The van der Waals surface area contributed by atoms with Crippen LogP contribution in [0.1, 0.15) is 19.8 Å². The minimum atomic E-state index is -0.480. The van der Waals surface area contributed by atoms with Gasteiger partial charge in [-0.1, -0.05) is 6.92 Å². The van der Waals surface area contributed by atoms with Gasteiger partial charge in [0.05, 0.1) is 26.2 Å². The molecule has 1 aromatic carbocycles. The normalized spacial score (nSPS) is 11.7. The Bertz CT molecular complexity index is 378. The minimum Gasteiger partial charge on any atom is -0.497 e. The van der Waals surface area contributed by atoms with Gasteiger partial charge in [0.2, 0.25) is 5.91 Å². The third kappa shape index (κ3) is 6.10. The minimum absolute atomic E-state index is 0.124. The average Bonchev–Trinajstić information content (AvgIpc) is 2.45. The lowest BCUT2D eigenvalue weighted by Gasteiger charge is -2.10. The van der Waals surface area contributed by atoms with Gasteiger partial charge in [-0.15, -0.1) is 0 Å². The van der Waals surface area contributed by atoms with Crippen molar-refractivity contribution < 1.29 is 19.4 Å². The first-order chi connectivity index (χ1) is 9.15. The molecule has 0 aliphatic rings. The van der Waals surface area contributed by atoms with E-state index in [0.29, 0.717) is 18.8 Å². The van der Waals surface area contributed by atoms with Gasteiger partial charge in [0.25, 0.3) is 0 Å². The Morgan fingerprint density at radius 2 is 1.95 bits per heavy atom. The van der Waals surface area contributed by atoms with Crippen LogP contribution in [0.5, 0.6) is 11.5 Å². The molecule has 2 N–H and O–H groups in total. The van der Waals surface area contributed by atoms with Gasteiger partial charge >= 0.3 is 0 Å². The van der Waals surface area contributed by atoms with Crippen molar-refractivity contribution in [1.82, 2.24) is 5.32 Å². The molecule has 0 aliphatic carbocycles. The van der Waals surface area contributed by atoms with E-state index in [2.05, 4.69) is 5.32 Å². The van der Waals surface area contributed by atoms with Crippen LogP contribution in [0.3, 0.4) is 0 Å². The SMILES string of the molecule is CCC(O)CNC(=O)CCOc1ccc(OC)cc1. The molecule has 0 aromatic heterocycles. The van der Waals surface area contributed by atoms with Gasteiger partial charge in [0, 0.05) is 6.54 Å². The first-order valence-corrected chi connectivity index (χ1v) is 6.37. The molecule has 1 atom stereocenters. The summed E-state index contributed by atoms with van der Waals surface area (Å²) < 4.78 is 10.5. The van der Waals surface area contributed by atoms with E-state index in [1.165, 1.54) is 0 Å². The van der Waals surface area contributed by atoms with E-state index in [1.807, 2.05) is 6.92 Å². The van der Waals surface area contributed by atoms with Gasteiger partial charge in [0.1, 0.15) is 11.5 Å². The van der Waals surface area contributed by atoms with Crippen LogP contribution in [0.4, 0.5) is 0 Å². The number of hydrogen-bond acceptors (Lipinski definition) is 4. The number of methoxy groups -OCH3 is 1. The smallest absolute Gasteiger partial charge is 0.223 e. The third-order valence-electron chi connectivity index (χ3n) is 2.66. The molecular weight excluding hydrogens is 246 g/mol. The highest BCUT2D eigenvalue weighted by molar-refractivity contribution is 5.76. The average molecular weight is 267 g/mol. The molecule has 0 saturated carbocycles. The number of rotatable bonds is 8. The summed E-state index contributed by atoms with van der Waals surface area (Å²) in [5.74, 6) is 1.34. The summed E-state index contributed by atoms with van der Waals surface area (Å²) in [6.45, 7) is 2.46. The van der Waals surface area contributed by atoms with Crippen molar-refractivity contribution in [3.8, 4) is 11.5 Å². The lowest BCUT2D eigenvalue weighted by atomic mass is 10.3. The van der Waals surface area contributed by atoms with E-state index in [-0.39, 0.29) is 18.9 Å². The molecular formula is C14H21NO4. The molecule has 0 saturated heterocycles. The van der Waals surface area contributed by atoms with E-state index >= 15 is 0 Å². The maximum atomic E-state index is 11.4. The van der Waals surface area contributed by atoms with Crippen LogP contribution >= 0.6 is 0 Å². The molecule has 0 fully saturated rings. The second kappa shape index (κ2) is 8.37. The first kappa shape index (κ1) is 15.3. The fourth-order valence-corrected chi connectivity index (χ4v) is 1.40. The number of carbonyl (C=O) groups excluding carboxylic acids is 1. The zero-order valence-electron chi connectivity index (χ0n) is 11.4. The second-order valence-electron chi connectivity index (χ2n) is 4.14. The Labute approximate surface area is 113 Å². The van der Waals surface area contributed by atoms with Crippen molar-refractivity contribution in [3.05, 3.63) is 24.3 Å². The highest BCUT2D eigenvalue weighted by Crippen LogP contribution is 2.16. The van der Waals surface area contributed by atoms with Crippen molar-refractivity contribution in [1.29, 1.82) is 0 Å². The van der Waals surface area contributed by atoms with Gasteiger partial charge in [-0.2, -0.15) is 0 Å². The Hall–Kier alpha value is -1.75. The number of benzene rings is 1. The van der Waals surface area contributed by atoms with Crippen LogP contribution in [-0.4, -0.2) is 37.4 Å². The van der Waals surface area contributed by atoms with Crippen molar-refractivity contribution in [2.24, 2.45) is 0 Å². The predicted octanol–water partition coefficient (Wildman–Crippen LogP) is 1.35. The van der Waals surface area contributed by atoms with E-state index in [9.17, 15) is 9.90 Å². The lowest BCUT2D eigenvalue weighted by Crippen LogP contribution is -2.32. The van der Waals surface area contributed by atoms with E-state index in [4.69, 9.17) is 9.47 Å². The van der Waals surface area contributed by atoms with E-state index in [0.717, 1.165) is 5.75 Å². The number of aliphatic hydroxyl groups excluding tert-OH is 1. The molecule has 0 radical (unpaired) electrons. The highest BCUT2D eigenvalue weighted by Gasteiger charge is 2.05. The maximum absolute atomic E-state index is 11.4. The fourth-order valence-electron chi connectivity index (χ4n) is 1.40. The van der Waals surface area contributed by atoms with Crippen LogP contribution in [0.2, 0.25) is 0 Å². The van der Waals surface area contributed by atoms with Crippen LogP contribution in [0.25, 0.3) is 0 Å². The van der Waals surface area contributed by atoms with Gasteiger partial charge in [-0.05, 0) is 30.7 Å². The van der Waals surface area contributed by atoms with Crippen LogP contribution in [0, 0.1) is 0 Å². The van der Waals surface area contributed by atoms with Crippen LogP contribution < -0.4 is 14.8 Å². The summed E-state index contributed by atoms with van der Waals surface area (Å²) in [7, 11) is 1.60. The van der Waals surface area contributed by atoms with Gasteiger partial charge in [0.15, 0.2) is 0 Å². The van der Waals surface area contributed by atoms with Crippen molar-refractivity contribution in [2.75, 3.05) is 20.3 Å². The number of hydrogen-bond donors (Lipinski definition) is 2. The largest absolute Gasteiger partial charge is 0.497 e. The zero-order chi connectivity index (χ0) is 14.1. The van der Waals surface area contributed by atoms with Crippen molar-refractivity contribution in [2.45, 2.75) is 25.9 Å². The summed E-state index contributed by atoms with van der Waals surface area (Å²) in [5, 5.41) is 12.0. The second-order valence-corrected chi connectivity index (χ2v) is 4.14. The zero-order valence-corrected chi connectivity index (χ0v) is 11.4. The molecule has 106 valence electrons. The fraction of sp³-hybridized carbons (Fsp3) is 0.500. The number of ether oxygens (including phenoxy) is 2. The predicted molar refractivity (Wildman–Crippen MR) is 72.4 cm³/mol. The van der Waals surface area contributed by atoms with Crippen LogP contribution in [0.15, 0.2) is 24.3 Å². The van der Waals surface area contributed by atoms with E-state index < -0.39 is 6.10 Å². The van der Waals surface area contributed by atoms with E-state index in [1.54, 1.807) is 31.4 Å². The van der Waals surface area contributed by atoms with Crippen molar-refractivity contribution >= 4 is 5.91 Å². The Morgan fingerprint density at radius 3 is 2.53 bits per heavy atom. The van der Waals surface area contributed by atoms with Crippen LogP contribution in [-0.2, 0) is 4.79 Å². The van der Waals surface area contributed by atoms with Gasteiger partial charge in [-0.25, -0.2) is 0 Å². The number of nitrogens with one attached hydrogen (secondary N) is 1. The molecule has 5 heteroatoms. The van der Waals surface area contributed by atoms with Crippen molar-refractivity contribution in [3.63, 3.8) is 0 Å². The van der Waals surface area contributed by atoms with Gasteiger partial charge < -0.3 is 19.9 Å².